The highest BCUT2D eigenvalue weighted by molar-refractivity contribution is 5.92. The van der Waals surface area contributed by atoms with Gasteiger partial charge in [-0.2, -0.15) is 0 Å². The molecule has 5 nitrogen and oxygen atoms in total. The average molecular weight is 346 g/mol. The van der Waals surface area contributed by atoms with E-state index in [4.69, 9.17) is 0 Å². The molecule has 0 spiro atoms. The molecule has 26 heavy (non-hydrogen) atoms. The van der Waals surface area contributed by atoms with Gasteiger partial charge in [0.25, 0.3) is 5.91 Å². The smallest absolute Gasteiger partial charge is 0.270 e. The maximum Gasteiger partial charge on any atom is 0.270 e. The SMILES string of the molecule is Cc1ccc(CNc2cc(C(=O)NCc3ccccc3)nc(C)n2)cc1. The molecule has 1 heterocycles. The second-order valence-corrected chi connectivity index (χ2v) is 6.19. The Morgan fingerprint density at radius 1 is 0.885 bits per heavy atom. The number of anilines is 1. The number of aryl methyl sites for hydroxylation is 2. The van der Waals surface area contributed by atoms with Gasteiger partial charge < -0.3 is 10.6 Å². The maximum absolute atomic E-state index is 12.4. The van der Waals surface area contributed by atoms with Gasteiger partial charge in [0.1, 0.15) is 17.3 Å². The van der Waals surface area contributed by atoms with Crippen LogP contribution in [0.1, 0.15) is 33.0 Å². The Labute approximate surface area is 153 Å². The summed E-state index contributed by atoms with van der Waals surface area (Å²) in [6, 6.07) is 19.8. The largest absolute Gasteiger partial charge is 0.366 e. The van der Waals surface area contributed by atoms with Crippen molar-refractivity contribution in [3.05, 3.63) is 88.9 Å². The van der Waals surface area contributed by atoms with Crippen molar-refractivity contribution in [1.82, 2.24) is 15.3 Å². The van der Waals surface area contributed by atoms with Gasteiger partial charge in [-0.3, -0.25) is 4.79 Å². The molecule has 0 saturated heterocycles. The lowest BCUT2D eigenvalue weighted by molar-refractivity contribution is 0.0945. The van der Waals surface area contributed by atoms with Crippen molar-refractivity contribution in [2.45, 2.75) is 26.9 Å². The standard InChI is InChI=1S/C21H22N4O/c1-15-8-10-18(11-9-15)13-22-20-12-19(24-16(2)25-20)21(26)23-14-17-6-4-3-5-7-17/h3-12H,13-14H2,1-2H3,(H,23,26)(H,22,24,25). The second kappa shape index (κ2) is 8.25. The van der Waals surface area contributed by atoms with E-state index in [0.717, 1.165) is 11.1 Å². The van der Waals surface area contributed by atoms with Crippen molar-refractivity contribution in [3.8, 4) is 0 Å². The van der Waals surface area contributed by atoms with Crippen LogP contribution in [0.3, 0.4) is 0 Å². The molecule has 0 bridgehead atoms. The van der Waals surface area contributed by atoms with Crippen molar-refractivity contribution < 1.29 is 4.79 Å². The average Bonchev–Trinajstić information content (AvgIpc) is 2.66. The summed E-state index contributed by atoms with van der Waals surface area (Å²) in [5.41, 5.74) is 3.79. The minimum Gasteiger partial charge on any atom is -0.366 e. The molecule has 0 atom stereocenters. The summed E-state index contributed by atoms with van der Waals surface area (Å²) in [6.07, 6.45) is 0. The van der Waals surface area contributed by atoms with E-state index in [-0.39, 0.29) is 5.91 Å². The van der Waals surface area contributed by atoms with E-state index in [1.54, 1.807) is 13.0 Å². The first kappa shape index (κ1) is 17.6. The lowest BCUT2D eigenvalue weighted by atomic mass is 10.1. The third-order valence-corrected chi connectivity index (χ3v) is 3.96. The fraction of sp³-hybridized carbons (Fsp3) is 0.190. The molecule has 0 unspecified atom stereocenters. The predicted octanol–water partition coefficient (Wildman–Crippen LogP) is 3.64. The molecule has 132 valence electrons. The molecular weight excluding hydrogens is 324 g/mol. The van der Waals surface area contributed by atoms with Gasteiger partial charge in [-0.05, 0) is 25.0 Å². The van der Waals surface area contributed by atoms with Gasteiger partial charge in [0.15, 0.2) is 0 Å². The molecule has 1 aromatic heterocycles. The summed E-state index contributed by atoms with van der Waals surface area (Å²) < 4.78 is 0. The van der Waals surface area contributed by atoms with Gasteiger partial charge in [-0.25, -0.2) is 9.97 Å². The molecular formula is C21H22N4O. The molecule has 3 rings (SSSR count). The number of rotatable bonds is 6. The third-order valence-electron chi connectivity index (χ3n) is 3.96. The van der Waals surface area contributed by atoms with Crippen LogP contribution >= 0.6 is 0 Å². The number of amides is 1. The fourth-order valence-electron chi connectivity index (χ4n) is 2.54. The van der Waals surface area contributed by atoms with E-state index in [1.165, 1.54) is 5.56 Å². The zero-order chi connectivity index (χ0) is 18.4. The molecule has 2 N–H and O–H groups in total. The fourth-order valence-corrected chi connectivity index (χ4v) is 2.54. The van der Waals surface area contributed by atoms with Gasteiger partial charge >= 0.3 is 0 Å². The first-order valence-electron chi connectivity index (χ1n) is 8.57. The van der Waals surface area contributed by atoms with Crippen LogP contribution in [-0.2, 0) is 13.1 Å². The number of aromatic nitrogens is 2. The molecule has 0 aliphatic heterocycles. The van der Waals surface area contributed by atoms with Gasteiger partial charge in [-0.15, -0.1) is 0 Å². The lowest BCUT2D eigenvalue weighted by Crippen LogP contribution is -2.24. The number of hydrogen-bond acceptors (Lipinski definition) is 4. The van der Waals surface area contributed by atoms with Crippen LogP contribution in [0.25, 0.3) is 0 Å². The Bertz CT molecular complexity index is 876. The normalized spacial score (nSPS) is 10.4. The van der Waals surface area contributed by atoms with Crippen LogP contribution in [-0.4, -0.2) is 15.9 Å². The summed E-state index contributed by atoms with van der Waals surface area (Å²) in [4.78, 5) is 21.0. The van der Waals surface area contributed by atoms with E-state index in [0.29, 0.717) is 30.4 Å². The summed E-state index contributed by atoms with van der Waals surface area (Å²) in [7, 11) is 0. The van der Waals surface area contributed by atoms with Crippen LogP contribution in [0.15, 0.2) is 60.7 Å². The minimum absolute atomic E-state index is 0.210. The molecule has 0 saturated carbocycles. The topological polar surface area (TPSA) is 66.9 Å². The molecule has 0 fully saturated rings. The predicted molar refractivity (Wildman–Crippen MR) is 103 cm³/mol. The molecule has 3 aromatic rings. The van der Waals surface area contributed by atoms with Gasteiger partial charge in [0, 0.05) is 19.2 Å². The van der Waals surface area contributed by atoms with Gasteiger partial charge in [0.05, 0.1) is 0 Å². The number of nitrogens with zero attached hydrogens (tertiary/aromatic N) is 2. The van der Waals surface area contributed by atoms with Crippen LogP contribution in [0.2, 0.25) is 0 Å². The summed E-state index contributed by atoms with van der Waals surface area (Å²) >= 11 is 0. The third kappa shape index (κ3) is 4.89. The summed E-state index contributed by atoms with van der Waals surface area (Å²) in [6.45, 7) is 4.95. The molecule has 0 aliphatic rings. The quantitative estimate of drug-likeness (QED) is 0.715. The van der Waals surface area contributed by atoms with Crippen LogP contribution < -0.4 is 10.6 Å². The second-order valence-electron chi connectivity index (χ2n) is 6.19. The Hall–Kier alpha value is -3.21. The molecule has 1 amide bonds. The number of benzene rings is 2. The summed E-state index contributed by atoms with van der Waals surface area (Å²) in [5.74, 6) is 0.990. The Morgan fingerprint density at radius 2 is 1.58 bits per heavy atom. The van der Waals surface area contributed by atoms with E-state index in [2.05, 4.69) is 51.8 Å². The highest BCUT2D eigenvalue weighted by Crippen LogP contribution is 2.10. The monoisotopic (exact) mass is 346 g/mol. The first-order valence-corrected chi connectivity index (χ1v) is 8.57. The zero-order valence-electron chi connectivity index (χ0n) is 15.0. The van der Waals surface area contributed by atoms with Crippen molar-refractivity contribution >= 4 is 11.7 Å². The van der Waals surface area contributed by atoms with Crippen molar-refractivity contribution in [2.24, 2.45) is 0 Å². The Balaban J connectivity index is 1.64. The number of carbonyl (C=O) groups is 1. The van der Waals surface area contributed by atoms with Crippen LogP contribution in [0.5, 0.6) is 0 Å². The molecule has 0 radical (unpaired) electrons. The number of carbonyl (C=O) groups excluding carboxylic acids is 1. The van der Waals surface area contributed by atoms with E-state index >= 15 is 0 Å². The molecule has 2 aromatic carbocycles. The highest BCUT2D eigenvalue weighted by Gasteiger charge is 2.10. The molecule has 5 heteroatoms. The summed E-state index contributed by atoms with van der Waals surface area (Å²) in [5, 5.41) is 6.15. The minimum atomic E-state index is -0.210. The van der Waals surface area contributed by atoms with Crippen molar-refractivity contribution in [1.29, 1.82) is 0 Å². The van der Waals surface area contributed by atoms with Crippen molar-refractivity contribution in [3.63, 3.8) is 0 Å². The van der Waals surface area contributed by atoms with Crippen LogP contribution in [0, 0.1) is 13.8 Å². The van der Waals surface area contributed by atoms with Crippen molar-refractivity contribution in [2.75, 3.05) is 5.32 Å². The number of hydrogen-bond donors (Lipinski definition) is 2. The lowest BCUT2D eigenvalue weighted by Gasteiger charge is -2.09. The number of nitrogens with one attached hydrogen (secondary N) is 2. The zero-order valence-corrected chi connectivity index (χ0v) is 15.0. The maximum atomic E-state index is 12.4. The van der Waals surface area contributed by atoms with Crippen LogP contribution in [0.4, 0.5) is 5.82 Å². The van der Waals surface area contributed by atoms with Gasteiger partial charge in [-0.1, -0.05) is 60.2 Å². The van der Waals surface area contributed by atoms with E-state index < -0.39 is 0 Å². The highest BCUT2D eigenvalue weighted by atomic mass is 16.1. The Morgan fingerprint density at radius 3 is 2.31 bits per heavy atom. The van der Waals surface area contributed by atoms with E-state index in [9.17, 15) is 4.79 Å². The van der Waals surface area contributed by atoms with E-state index in [1.807, 2.05) is 30.3 Å². The first-order chi connectivity index (χ1) is 12.6. The van der Waals surface area contributed by atoms with Gasteiger partial charge in [0.2, 0.25) is 0 Å². The Kier molecular flexibility index (Phi) is 5.59. The molecule has 0 aliphatic carbocycles.